The summed E-state index contributed by atoms with van der Waals surface area (Å²) < 4.78 is 39.9. The molecule has 7 nitrogen and oxygen atoms in total. The molecule has 9 heteroatoms. The Labute approximate surface area is 202 Å². The summed E-state index contributed by atoms with van der Waals surface area (Å²) in [5.41, 5.74) is 2.50. The lowest BCUT2D eigenvalue weighted by Gasteiger charge is -2.32. The normalized spacial score (nSPS) is 12.2. The first kappa shape index (κ1) is 27.3. The number of benzene rings is 2. The van der Waals surface area contributed by atoms with E-state index in [4.69, 9.17) is 0 Å². The standard InChI is InChI=1S/C25H34FN3O4S/c1-6-7-15-27-25(31)20(4)28(16-21-11-13-22(26)14-12-21)23(30)17-29(34(5,32)33)24-18(2)9-8-10-19(24)3/h8-14,20H,6-7,15-17H2,1-5H3,(H,27,31)/t20-/m0/s1. The minimum absolute atomic E-state index is 0.0336. The number of unbranched alkanes of at least 4 members (excludes halogenated alkanes) is 1. The number of nitrogens with one attached hydrogen (secondary N) is 1. The highest BCUT2D eigenvalue weighted by atomic mass is 32.2. The van der Waals surface area contributed by atoms with Crippen molar-refractivity contribution in [1.29, 1.82) is 0 Å². The van der Waals surface area contributed by atoms with Crippen LogP contribution in [0.25, 0.3) is 0 Å². The molecule has 2 amide bonds. The number of sulfonamides is 1. The van der Waals surface area contributed by atoms with E-state index in [1.54, 1.807) is 32.9 Å². The van der Waals surface area contributed by atoms with Crippen LogP contribution >= 0.6 is 0 Å². The highest BCUT2D eigenvalue weighted by Crippen LogP contribution is 2.27. The molecule has 0 bridgehead atoms. The van der Waals surface area contributed by atoms with E-state index in [2.05, 4.69) is 5.32 Å². The average Bonchev–Trinajstić information content (AvgIpc) is 2.76. The fourth-order valence-electron chi connectivity index (χ4n) is 3.68. The third-order valence-electron chi connectivity index (χ3n) is 5.63. The molecule has 0 heterocycles. The minimum Gasteiger partial charge on any atom is -0.354 e. The molecule has 1 atom stereocenters. The van der Waals surface area contributed by atoms with Crippen LogP contribution < -0.4 is 9.62 Å². The fourth-order valence-corrected chi connectivity index (χ4v) is 4.64. The van der Waals surface area contributed by atoms with E-state index in [1.807, 2.05) is 13.0 Å². The largest absolute Gasteiger partial charge is 0.354 e. The summed E-state index contributed by atoms with van der Waals surface area (Å²) in [6, 6.07) is 10.2. The molecule has 2 aromatic rings. The molecular weight excluding hydrogens is 457 g/mol. The van der Waals surface area contributed by atoms with Gasteiger partial charge in [0.1, 0.15) is 18.4 Å². The molecule has 2 aromatic carbocycles. The molecule has 1 N–H and O–H groups in total. The molecule has 0 saturated heterocycles. The number of rotatable bonds is 11. The van der Waals surface area contributed by atoms with Gasteiger partial charge >= 0.3 is 0 Å². The number of hydrogen-bond donors (Lipinski definition) is 1. The molecule has 186 valence electrons. The van der Waals surface area contributed by atoms with Crippen LogP contribution in [0, 0.1) is 19.7 Å². The van der Waals surface area contributed by atoms with Gasteiger partial charge < -0.3 is 10.2 Å². The summed E-state index contributed by atoms with van der Waals surface area (Å²) in [4.78, 5) is 27.6. The van der Waals surface area contributed by atoms with Crippen molar-refractivity contribution in [1.82, 2.24) is 10.2 Å². The molecule has 0 fully saturated rings. The Morgan fingerprint density at radius 2 is 1.65 bits per heavy atom. The zero-order valence-corrected chi connectivity index (χ0v) is 21.3. The van der Waals surface area contributed by atoms with Crippen LogP contribution in [0.3, 0.4) is 0 Å². The van der Waals surface area contributed by atoms with Gasteiger partial charge in [0, 0.05) is 13.1 Å². The number of halogens is 1. The van der Waals surface area contributed by atoms with Crippen LogP contribution in [0.1, 0.15) is 43.4 Å². The number of anilines is 1. The van der Waals surface area contributed by atoms with Crippen LogP contribution in [0.15, 0.2) is 42.5 Å². The first-order valence-corrected chi connectivity index (χ1v) is 13.2. The Morgan fingerprint density at radius 1 is 1.06 bits per heavy atom. The van der Waals surface area contributed by atoms with Crippen molar-refractivity contribution >= 4 is 27.5 Å². The Morgan fingerprint density at radius 3 is 2.18 bits per heavy atom. The van der Waals surface area contributed by atoms with Crippen molar-refractivity contribution in [2.24, 2.45) is 0 Å². The highest BCUT2D eigenvalue weighted by molar-refractivity contribution is 7.92. The molecule has 0 aliphatic carbocycles. The topological polar surface area (TPSA) is 86.8 Å². The third-order valence-corrected chi connectivity index (χ3v) is 6.74. The summed E-state index contributed by atoms with van der Waals surface area (Å²) in [6.45, 7) is 7.23. The van der Waals surface area contributed by atoms with Gasteiger partial charge in [-0.05, 0) is 56.0 Å². The Hall–Kier alpha value is -2.94. The molecular formula is C25H34FN3O4S. The van der Waals surface area contributed by atoms with E-state index in [0.717, 1.165) is 23.4 Å². The van der Waals surface area contributed by atoms with E-state index >= 15 is 0 Å². The first-order chi connectivity index (χ1) is 16.0. The first-order valence-electron chi connectivity index (χ1n) is 11.3. The van der Waals surface area contributed by atoms with E-state index in [0.29, 0.717) is 28.9 Å². The maximum Gasteiger partial charge on any atom is 0.244 e. The van der Waals surface area contributed by atoms with E-state index in [9.17, 15) is 22.4 Å². The predicted molar refractivity (Wildman–Crippen MR) is 132 cm³/mol. The van der Waals surface area contributed by atoms with E-state index in [1.165, 1.54) is 29.2 Å². The minimum atomic E-state index is -3.80. The summed E-state index contributed by atoms with van der Waals surface area (Å²) in [7, 11) is -3.80. The van der Waals surface area contributed by atoms with Gasteiger partial charge in [-0.3, -0.25) is 13.9 Å². The second kappa shape index (κ2) is 12.0. The maximum absolute atomic E-state index is 13.5. The predicted octanol–water partition coefficient (Wildman–Crippen LogP) is 3.54. The Balaban J connectivity index is 2.39. The lowest BCUT2D eigenvalue weighted by atomic mass is 10.1. The van der Waals surface area contributed by atoms with Crippen LogP contribution in [0.2, 0.25) is 0 Å². The second-order valence-corrected chi connectivity index (χ2v) is 10.4. The maximum atomic E-state index is 13.5. The molecule has 0 aliphatic rings. The molecule has 0 unspecified atom stereocenters. The van der Waals surface area contributed by atoms with Crippen molar-refractivity contribution < 1.29 is 22.4 Å². The molecule has 0 aliphatic heterocycles. The van der Waals surface area contributed by atoms with E-state index < -0.39 is 34.3 Å². The lowest BCUT2D eigenvalue weighted by Crippen LogP contribution is -2.51. The molecule has 2 rings (SSSR count). The molecule has 0 saturated carbocycles. The quantitative estimate of drug-likeness (QED) is 0.487. The van der Waals surface area contributed by atoms with E-state index in [-0.39, 0.29) is 12.5 Å². The van der Waals surface area contributed by atoms with Gasteiger partial charge in [0.05, 0.1) is 11.9 Å². The van der Waals surface area contributed by atoms with Gasteiger partial charge in [-0.15, -0.1) is 0 Å². The number of carbonyl (C=O) groups is 2. The van der Waals surface area contributed by atoms with Crippen molar-refractivity contribution in [3.8, 4) is 0 Å². The highest BCUT2D eigenvalue weighted by Gasteiger charge is 2.31. The third kappa shape index (κ3) is 7.28. The van der Waals surface area contributed by atoms with Gasteiger partial charge in [-0.2, -0.15) is 0 Å². The monoisotopic (exact) mass is 491 g/mol. The Kier molecular flexibility index (Phi) is 9.61. The van der Waals surface area contributed by atoms with Crippen LogP contribution in [-0.2, 0) is 26.2 Å². The van der Waals surface area contributed by atoms with Gasteiger partial charge in [0.15, 0.2) is 0 Å². The van der Waals surface area contributed by atoms with Crippen molar-refractivity contribution in [3.63, 3.8) is 0 Å². The summed E-state index contributed by atoms with van der Waals surface area (Å²) in [6.07, 6.45) is 2.77. The number of nitrogens with zero attached hydrogens (tertiary/aromatic N) is 2. The lowest BCUT2D eigenvalue weighted by molar-refractivity contribution is -0.139. The summed E-state index contributed by atoms with van der Waals surface area (Å²) in [5.74, 6) is -1.28. The van der Waals surface area contributed by atoms with Crippen LogP contribution in [0.5, 0.6) is 0 Å². The fraction of sp³-hybridized carbons (Fsp3) is 0.440. The summed E-state index contributed by atoms with van der Waals surface area (Å²) >= 11 is 0. The SMILES string of the molecule is CCCCNC(=O)[C@H](C)N(Cc1ccc(F)cc1)C(=O)CN(c1c(C)cccc1C)S(C)(=O)=O. The van der Waals surface area contributed by atoms with Gasteiger partial charge in [0.2, 0.25) is 21.8 Å². The van der Waals surface area contributed by atoms with Crippen molar-refractivity contribution in [3.05, 3.63) is 65.0 Å². The number of carbonyl (C=O) groups excluding carboxylic acids is 2. The van der Waals surface area contributed by atoms with Crippen LogP contribution in [0.4, 0.5) is 10.1 Å². The van der Waals surface area contributed by atoms with Crippen molar-refractivity contribution in [2.75, 3.05) is 23.7 Å². The molecule has 0 radical (unpaired) electrons. The number of aryl methyl sites for hydroxylation is 2. The second-order valence-electron chi connectivity index (χ2n) is 8.48. The molecule has 0 spiro atoms. The number of para-hydroxylation sites is 1. The average molecular weight is 492 g/mol. The smallest absolute Gasteiger partial charge is 0.244 e. The van der Waals surface area contributed by atoms with Gasteiger partial charge in [-0.1, -0.05) is 43.7 Å². The van der Waals surface area contributed by atoms with Gasteiger partial charge in [0.25, 0.3) is 0 Å². The zero-order valence-electron chi connectivity index (χ0n) is 20.5. The van der Waals surface area contributed by atoms with Crippen molar-refractivity contribution in [2.45, 2.75) is 53.1 Å². The number of amides is 2. The Bertz CT molecular complexity index is 1080. The zero-order chi connectivity index (χ0) is 25.5. The molecule has 0 aromatic heterocycles. The van der Waals surface area contributed by atoms with Gasteiger partial charge in [-0.25, -0.2) is 12.8 Å². The summed E-state index contributed by atoms with van der Waals surface area (Å²) in [5, 5.41) is 2.82. The van der Waals surface area contributed by atoms with Crippen LogP contribution in [-0.4, -0.2) is 50.5 Å². The number of hydrogen-bond acceptors (Lipinski definition) is 4. The molecule has 34 heavy (non-hydrogen) atoms.